The first kappa shape index (κ1) is 22.4. The van der Waals surface area contributed by atoms with Crippen molar-refractivity contribution in [1.82, 2.24) is 10.3 Å². The monoisotopic (exact) mass is 457 g/mol. The Bertz CT molecular complexity index is 1010. The number of amides is 2. The van der Waals surface area contributed by atoms with Crippen molar-refractivity contribution in [3.05, 3.63) is 60.2 Å². The Labute approximate surface area is 189 Å². The summed E-state index contributed by atoms with van der Waals surface area (Å²) >= 11 is 4.40. The number of rotatable bonds is 9. The highest BCUT2D eigenvalue weighted by Gasteiger charge is 2.19. The molecule has 1 heterocycles. The van der Waals surface area contributed by atoms with E-state index in [1.165, 1.54) is 23.1 Å². The van der Waals surface area contributed by atoms with Gasteiger partial charge in [0, 0.05) is 17.0 Å². The molecule has 0 aliphatic rings. The number of thiazole rings is 1. The summed E-state index contributed by atoms with van der Waals surface area (Å²) in [6.45, 7) is 4.55. The maximum Gasteiger partial charge on any atom is 0.257 e. The molecule has 156 valence electrons. The van der Waals surface area contributed by atoms with Gasteiger partial charge in [-0.3, -0.25) is 9.59 Å². The highest BCUT2D eigenvalue weighted by molar-refractivity contribution is 8.01. The Morgan fingerprint density at radius 1 is 1.00 bits per heavy atom. The lowest BCUT2D eigenvalue weighted by molar-refractivity contribution is -0.118. The number of benzene rings is 2. The van der Waals surface area contributed by atoms with E-state index >= 15 is 0 Å². The molecule has 0 saturated heterocycles. The van der Waals surface area contributed by atoms with Crippen molar-refractivity contribution in [2.75, 3.05) is 23.4 Å². The van der Waals surface area contributed by atoms with Crippen LogP contribution in [0.25, 0.3) is 11.3 Å². The van der Waals surface area contributed by atoms with Gasteiger partial charge in [-0.05, 0) is 24.8 Å². The molecule has 0 aliphatic carbocycles. The van der Waals surface area contributed by atoms with Gasteiger partial charge in [0.15, 0.2) is 4.34 Å². The fraction of sp³-hybridized carbons (Fsp3) is 0.227. The van der Waals surface area contributed by atoms with E-state index in [1.54, 1.807) is 11.8 Å². The number of carbonyl (C=O) groups excluding carboxylic acids is 2. The Morgan fingerprint density at radius 2 is 1.73 bits per heavy atom. The Balaban J connectivity index is 1.87. The maximum atomic E-state index is 13.0. The summed E-state index contributed by atoms with van der Waals surface area (Å²) in [6.07, 6.45) is 0. The molecule has 1 aromatic heterocycles. The van der Waals surface area contributed by atoms with Crippen LogP contribution in [-0.2, 0) is 4.79 Å². The van der Waals surface area contributed by atoms with E-state index in [9.17, 15) is 9.59 Å². The van der Waals surface area contributed by atoms with Gasteiger partial charge >= 0.3 is 0 Å². The number of anilines is 1. The first-order valence-corrected chi connectivity index (χ1v) is 12.4. The highest BCUT2D eigenvalue weighted by atomic mass is 32.2. The third kappa shape index (κ3) is 5.87. The van der Waals surface area contributed by atoms with E-state index in [0.29, 0.717) is 28.6 Å². The first-order chi connectivity index (χ1) is 14.6. The van der Waals surface area contributed by atoms with Crippen LogP contribution in [0.3, 0.4) is 0 Å². The van der Waals surface area contributed by atoms with Crippen LogP contribution < -0.4 is 10.6 Å². The molecular formula is C22H23N3O2S3. The summed E-state index contributed by atoms with van der Waals surface area (Å²) in [5.41, 5.74) is 2.28. The summed E-state index contributed by atoms with van der Waals surface area (Å²) < 4.78 is 0.742. The van der Waals surface area contributed by atoms with Gasteiger partial charge in [0.1, 0.15) is 10.7 Å². The lowest BCUT2D eigenvalue weighted by Gasteiger charge is -2.09. The average Bonchev–Trinajstić information content (AvgIpc) is 3.16. The van der Waals surface area contributed by atoms with E-state index in [2.05, 4.69) is 17.6 Å². The van der Waals surface area contributed by atoms with Crippen LogP contribution in [0.4, 0.5) is 5.00 Å². The molecule has 0 spiro atoms. The lowest BCUT2D eigenvalue weighted by Crippen LogP contribution is -2.24. The second-order valence-electron chi connectivity index (χ2n) is 6.15. The Kier molecular flexibility index (Phi) is 8.36. The zero-order valence-electron chi connectivity index (χ0n) is 16.8. The number of hydrogen-bond acceptors (Lipinski definition) is 6. The molecule has 0 unspecified atom stereocenters. The minimum Gasteiger partial charge on any atom is -0.356 e. The summed E-state index contributed by atoms with van der Waals surface area (Å²) in [4.78, 5) is 30.5. The van der Waals surface area contributed by atoms with E-state index in [1.807, 2.05) is 61.5 Å². The largest absolute Gasteiger partial charge is 0.356 e. The molecule has 3 aromatic rings. The number of nitrogens with zero attached hydrogens (tertiary/aromatic N) is 1. The van der Waals surface area contributed by atoms with Crippen molar-refractivity contribution < 1.29 is 9.59 Å². The topological polar surface area (TPSA) is 71.1 Å². The van der Waals surface area contributed by atoms with Crippen molar-refractivity contribution in [3.8, 4) is 11.3 Å². The molecule has 5 nitrogen and oxygen atoms in total. The van der Waals surface area contributed by atoms with Crippen molar-refractivity contribution >= 4 is 51.7 Å². The zero-order valence-corrected chi connectivity index (χ0v) is 19.3. The van der Waals surface area contributed by atoms with Crippen LogP contribution in [0.5, 0.6) is 0 Å². The molecule has 3 rings (SSSR count). The van der Waals surface area contributed by atoms with Gasteiger partial charge in [0.2, 0.25) is 5.91 Å². The van der Waals surface area contributed by atoms with Crippen LogP contribution in [0, 0.1) is 0 Å². The van der Waals surface area contributed by atoms with Crippen molar-refractivity contribution in [2.45, 2.75) is 23.1 Å². The van der Waals surface area contributed by atoms with Gasteiger partial charge in [0.25, 0.3) is 5.91 Å². The third-order valence-corrected chi connectivity index (χ3v) is 7.08. The minimum atomic E-state index is -0.160. The fourth-order valence-electron chi connectivity index (χ4n) is 2.72. The average molecular weight is 458 g/mol. The predicted molar refractivity (Wildman–Crippen MR) is 128 cm³/mol. The molecule has 0 bridgehead atoms. The smallest absolute Gasteiger partial charge is 0.257 e. The Hall–Kier alpha value is -2.29. The second kappa shape index (κ2) is 11.2. The maximum absolute atomic E-state index is 13.0. The number of aromatic nitrogens is 1. The highest BCUT2D eigenvalue weighted by Crippen LogP contribution is 2.38. The SMILES string of the molecule is CCNC(=O)CSc1nc(-c2ccccc2)c(NC(=O)c2ccccc2SCC)s1. The van der Waals surface area contributed by atoms with Crippen LogP contribution in [0.2, 0.25) is 0 Å². The Morgan fingerprint density at radius 3 is 2.47 bits per heavy atom. The predicted octanol–water partition coefficient (Wildman–Crippen LogP) is 5.40. The first-order valence-electron chi connectivity index (χ1n) is 9.61. The minimum absolute atomic E-state index is 0.0323. The van der Waals surface area contributed by atoms with Crippen LogP contribution in [0.1, 0.15) is 24.2 Å². The summed E-state index contributed by atoms with van der Waals surface area (Å²) in [6, 6.07) is 17.3. The van der Waals surface area contributed by atoms with Crippen molar-refractivity contribution in [3.63, 3.8) is 0 Å². The number of nitrogens with one attached hydrogen (secondary N) is 2. The van der Waals surface area contributed by atoms with Crippen LogP contribution in [-0.4, -0.2) is 34.8 Å². The normalized spacial score (nSPS) is 10.6. The molecule has 30 heavy (non-hydrogen) atoms. The second-order valence-corrected chi connectivity index (χ2v) is 9.68. The van der Waals surface area contributed by atoms with Gasteiger partial charge in [-0.2, -0.15) is 0 Å². The quantitative estimate of drug-likeness (QED) is 0.421. The van der Waals surface area contributed by atoms with Gasteiger partial charge in [-0.25, -0.2) is 4.98 Å². The van der Waals surface area contributed by atoms with E-state index in [4.69, 9.17) is 4.98 Å². The molecule has 2 aromatic carbocycles. The van der Waals surface area contributed by atoms with E-state index in [0.717, 1.165) is 20.6 Å². The molecule has 2 N–H and O–H groups in total. The van der Waals surface area contributed by atoms with E-state index in [-0.39, 0.29) is 11.8 Å². The standard InChI is InChI=1S/C22H23N3O2S3/c1-3-23-18(26)14-29-22-24-19(15-10-6-5-7-11-15)21(30-22)25-20(27)16-12-8-9-13-17(16)28-4-2/h5-13H,3-4,14H2,1-2H3,(H,23,26)(H,25,27). The van der Waals surface area contributed by atoms with Crippen molar-refractivity contribution in [2.24, 2.45) is 0 Å². The van der Waals surface area contributed by atoms with E-state index < -0.39 is 0 Å². The molecule has 0 aliphatic heterocycles. The third-order valence-electron chi connectivity index (χ3n) is 4.01. The zero-order chi connectivity index (χ0) is 21.3. The van der Waals surface area contributed by atoms with Crippen molar-refractivity contribution in [1.29, 1.82) is 0 Å². The van der Waals surface area contributed by atoms with Gasteiger partial charge in [-0.15, -0.1) is 11.8 Å². The lowest BCUT2D eigenvalue weighted by atomic mass is 10.1. The molecular weight excluding hydrogens is 434 g/mol. The molecule has 8 heteroatoms. The number of carbonyl (C=O) groups is 2. The number of hydrogen-bond donors (Lipinski definition) is 2. The van der Waals surface area contributed by atoms with Gasteiger partial charge < -0.3 is 10.6 Å². The van der Waals surface area contributed by atoms with Gasteiger partial charge in [-0.1, -0.05) is 72.5 Å². The van der Waals surface area contributed by atoms with Crippen LogP contribution >= 0.6 is 34.9 Å². The molecule has 0 fully saturated rings. The molecule has 2 amide bonds. The summed E-state index contributed by atoms with van der Waals surface area (Å²) in [5.74, 6) is 0.988. The molecule has 0 radical (unpaired) electrons. The van der Waals surface area contributed by atoms with Gasteiger partial charge in [0.05, 0.1) is 11.3 Å². The number of thioether (sulfide) groups is 2. The fourth-order valence-corrected chi connectivity index (χ4v) is 5.41. The molecule has 0 atom stereocenters. The molecule has 0 saturated carbocycles. The summed E-state index contributed by atoms with van der Waals surface area (Å²) in [7, 11) is 0. The summed E-state index contributed by atoms with van der Waals surface area (Å²) in [5, 5.41) is 6.51. The van der Waals surface area contributed by atoms with Crippen LogP contribution in [0.15, 0.2) is 63.8 Å².